The smallest absolute Gasteiger partial charge is 0.160 e. The zero-order chi connectivity index (χ0) is 15.0. The third-order valence-corrected chi connectivity index (χ3v) is 4.61. The molecule has 0 bridgehead atoms. The third-order valence-electron chi connectivity index (χ3n) is 4.21. The number of hydrogen-bond acceptors (Lipinski definition) is 3. The zero-order valence-electron chi connectivity index (χ0n) is 12.4. The highest BCUT2D eigenvalue weighted by molar-refractivity contribution is 6.31. The SMILES string of the molecule is CC(Cn1c(CCCl)nc2cc(Cl)cnc21)N(C)C1CC1. The second-order valence-electron chi connectivity index (χ2n) is 5.82. The summed E-state index contributed by atoms with van der Waals surface area (Å²) in [7, 11) is 2.20. The minimum absolute atomic E-state index is 0.446. The van der Waals surface area contributed by atoms with Gasteiger partial charge in [0.15, 0.2) is 5.65 Å². The van der Waals surface area contributed by atoms with E-state index in [1.165, 1.54) is 12.8 Å². The highest BCUT2D eigenvalue weighted by Crippen LogP contribution is 2.28. The summed E-state index contributed by atoms with van der Waals surface area (Å²) in [5, 5.41) is 0.618. The molecule has 1 atom stereocenters. The van der Waals surface area contributed by atoms with E-state index >= 15 is 0 Å². The van der Waals surface area contributed by atoms with E-state index < -0.39 is 0 Å². The standard InChI is InChI=1S/C15H20Cl2N4/c1-10(20(2)12-3-4-12)9-21-14(5-6-16)19-13-7-11(17)8-18-15(13)21/h7-8,10,12H,3-6,9H2,1-2H3. The molecule has 0 N–H and O–H groups in total. The van der Waals surface area contributed by atoms with E-state index in [1.807, 2.05) is 6.07 Å². The van der Waals surface area contributed by atoms with Crippen LogP contribution in [0.1, 0.15) is 25.6 Å². The van der Waals surface area contributed by atoms with Crippen molar-refractivity contribution in [3.05, 3.63) is 23.1 Å². The van der Waals surface area contributed by atoms with Gasteiger partial charge < -0.3 is 4.57 Å². The van der Waals surface area contributed by atoms with Crippen molar-refractivity contribution < 1.29 is 0 Å². The van der Waals surface area contributed by atoms with Gasteiger partial charge in [-0.1, -0.05) is 11.6 Å². The van der Waals surface area contributed by atoms with Crippen molar-refractivity contribution in [2.24, 2.45) is 0 Å². The lowest BCUT2D eigenvalue weighted by molar-refractivity contribution is 0.225. The van der Waals surface area contributed by atoms with Crippen LogP contribution in [0.4, 0.5) is 0 Å². The van der Waals surface area contributed by atoms with Gasteiger partial charge in [0.05, 0.1) is 5.02 Å². The van der Waals surface area contributed by atoms with E-state index in [9.17, 15) is 0 Å². The summed E-state index contributed by atoms with van der Waals surface area (Å²) in [4.78, 5) is 11.6. The van der Waals surface area contributed by atoms with Gasteiger partial charge in [-0.3, -0.25) is 4.90 Å². The number of halogens is 2. The molecule has 0 amide bonds. The first-order chi connectivity index (χ1) is 10.1. The minimum atomic E-state index is 0.446. The van der Waals surface area contributed by atoms with Gasteiger partial charge in [-0.25, -0.2) is 9.97 Å². The summed E-state index contributed by atoms with van der Waals surface area (Å²) in [5.41, 5.74) is 1.75. The molecule has 1 aliphatic carbocycles. The van der Waals surface area contributed by atoms with Crippen LogP contribution in [0.5, 0.6) is 0 Å². The molecule has 1 unspecified atom stereocenters. The fourth-order valence-electron chi connectivity index (χ4n) is 2.74. The van der Waals surface area contributed by atoms with Crippen LogP contribution in [0, 0.1) is 0 Å². The Morgan fingerprint density at radius 2 is 2.24 bits per heavy atom. The fraction of sp³-hybridized carbons (Fsp3) is 0.600. The average Bonchev–Trinajstić information content (AvgIpc) is 3.24. The summed E-state index contributed by atoms with van der Waals surface area (Å²) in [6, 6.07) is 3.06. The number of likely N-dealkylation sites (N-methyl/N-ethyl adjacent to an activating group) is 1. The van der Waals surface area contributed by atoms with E-state index in [2.05, 4.69) is 33.4 Å². The van der Waals surface area contributed by atoms with Crippen LogP contribution < -0.4 is 0 Å². The lowest BCUT2D eigenvalue weighted by Gasteiger charge is -2.25. The molecule has 1 saturated carbocycles. The first-order valence-corrected chi connectivity index (χ1v) is 8.30. The molecule has 2 heterocycles. The Morgan fingerprint density at radius 1 is 1.48 bits per heavy atom. The maximum Gasteiger partial charge on any atom is 0.160 e. The van der Waals surface area contributed by atoms with E-state index in [0.29, 0.717) is 16.9 Å². The zero-order valence-corrected chi connectivity index (χ0v) is 13.9. The van der Waals surface area contributed by atoms with Crippen molar-refractivity contribution in [3.8, 4) is 0 Å². The summed E-state index contributed by atoms with van der Waals surface area (Å²) >= 11 is 11.9. The van der Waals surface area contributed by atoms with Crippen LogP contribution in [-0.4, -0.2) is 44.4 Å². The molecule has 6 heteroatoms. The average molecular weight is 327 g/mol. The quantitative estimate of drug-likeness (QED) is 0.763. The Balaban J connectivity index is 1.92. The van der Waals surface area contributed by atoms with Crippen molar-refractivity contribution in [1.82, 2.24) is 19.4 Å². The lowest BCUT2D eigenvalue weighted by Crippen LogP contribution is -2.35. The second kappa shape index (κ2) is 6.11. The van der Waals surface area contributed by atoms with Crippen LogP contribution >= 0.6 is 23.2 Å². The molecule has 0 saturated heterocycles. The predicted octanol–water partition coefficient (Wildman–Crippen LogP) is 3.35. The summed E-state index contributed by atoms with van der Waals surface area (Å²) < 4.78 is 2.19. The fourth-order valence-corrected chi connectivity index (χ4v) is 3.06. The Labute approximate surface area is 135 Å². The maximum absolute atomic E-state index is 6.02. The van der Waals surface area contributed by atoms with Gasteiger partial charge in [0.1, 0.15) is 11.3 Å². The van der Waals surface area contributed by atoms with Crippen LogP contribution in [0.25, 0.3) is 11.2 Å². The summed E-state index contributed by atoms with van der Waals surface area (Å²) in [6.07, 6.45) is 5.05. The Morgan fingerprint density at radius 3 is 2.90 bits per heavy atom. The highest BCUT2D eigenvalue weighted by Gasteiger charge is 2.29. The largest absolute Gasteiger partial charge is 0.311 e. The number of fused-ring (bicyclic) bond motifs is 1. The number of aryl methyl sites for hydroxylation is 1. The van der Waals surface area contributed by atoms with Crippen LogP contribution in [0.15, 0.2) is 12.3 Å². The Hall–Kier alpha value is -0.840. The van der Waals surface area contributed by atoms with Gasteiger partial charge >= 0.3 is 0 Å². The molecule has 1 fully saturated rings. The van der Waals surface area contributed by atoms with Crippen molar-refractivity contribution in [3.63, 3.8) is 0 Å². The van der Waals surface area contributed by atoms with Gasteiger partial charge in [-0.15, -0.1) is 11.6 Å². The van der Waals surface area contributed by atoms with E-state index in [4.69, 9.17) is 23.2 Å². The molecule has 1 aliphatic rings. The molecular formula is C15H20Cl2N4. The van der Waals surface area contributed by atoms with Gasteiger partial charge in [0.2, 0.25) is 0 Å². The number of rotatable bonds is 6. The number of aromatic nitrogens is 3. The molecular weight excluding hydrogens is 307 g/mol. The molecule has 0 aromatic carbocycles. The van der Waals surface area contributed by atoms with Crippen molar-refractivity contribution >= 4 is 34.4 Å². The Kier molecular flexibility index (Phi) is 4.38. The highest BCUT2D eigenvalue weighted by atomic mass is 35.5. The van der Waals surface area contributed by atoms with Crippen LogP contribution in [0.3, 0.4) is 0 Å². The molecule has 2 aromatic rings. The van der Waals surface area contributed by atoms with Gasteiger partial charge in [-0.05, 0) is 32.9 Å². The van der Waals surface area contributed by atoms with Gasteiger partial charge in [-0.2, -0.15) is 0 Å². The third kappa shape index (κ3) is 3.17. The number of nitrogens with zero attached hydrogens (tertiary/aromatic N) is 4. The molecule has 114 valence electrons. The van der Waals surface area contributed by atoms with E-state index in [-0.39, 0.29) is 0 Å². The van der Waals surface area contributed by atoms with Crippen LogP contribution in [-0.2, 0) is 13.0 Å². The minimum Gasteiger partial charge on any atom is -0.311 e. The predicted molar refractivity (Wildman–Crippen MR) is 87.2 cm³/mol. The molecule has 0 spiro atoms. The topological polar surface area (TPSA) is 34.0 Å². The molecule has 2 aromatic heterocycles. The first-order valence-electron chi connectivity index (χ1n) is 7.38. The monoisotopic (exact) mass is 326 g/mol. The maximum atomic E-state index is 6.02. The molecule has 0 aliphatic heterocycles. The molecule has 4 nitrogen and oxygen atoms in total. The van der Waals surface area contributed by atoms with Crippen LogP contribution in [0.2, 0.25) is 5.02 Å². The molecule has 0 radical (unpaired) electrons. The molecule has 3 rings (SSSR count). The van der Waals surface area contributed by atoms with Crippen molar-refractivity contribution in [2.45, 2.75) is 44.8 Å². The van der Waals surface area contributed by atoms with Gasteiger partial charge in [0.25, 0.3) is 0 Å². The second-order valence-corrected chi connectivity index (χ2v) is 6.63. The first kappa shape index (κ1) is 15.1. The number of alkyl halides is 1. The number of hydrogen-bond donors (Lipinski definition) is 0. The lowest BCUT2D eigenvalue weighted by atomic mass is 10.2. The summed E-state index contributed by atoms with van der Waals surface area (Å²) in [5.74, 6) is 1.55. The van der Waals surface area contributed by atoms with Crippen molar-refractivity contribution in [2.75, 3.05) is 12.9 Å². The Bertz CT molecular complexity index is 636. The summed E-state index contributed by atoms with van der Waals surface area (Å²) in [6.45, 7) is 3.13. The number of pyridine rings is 1. The normalized spacial score (nSPS) is 16.8. The molecule has 21 heavy (non-hydrogen) atoms. The van der Waals surface area contributed by atoms with Crippen molar-refractivity contribution in [1.29, 1.82) is 0 Å². The van der Waals surface area contributed by atoms with Gasteiger partial charge in [0, 0.05) is 37.1 Å². The van der Waals surface area contributed by atoms with E-state index in [0.717, 1.165) is 36.0 Å². The van der Waals surface area contributed by atoms with E-state index in [1.54, 1.807) is 6.20 Å². The number of imidazole rings is 1.